The Kier molecular flexibility index (Phi) is 9.57. The Hall–Kier alpha value is -2.49. The number of hydrogen-bond donors (Lipinski definition) is 3. The molecule has 6 amide bonds. The van der Waals surface area contributed by atoms with E-state index in [0.717, 1.165) is 24.2 Å². The largest absolute Gasteiger partial charge is 0.341 e. The first-order valence-electron chi connectivity index (χ1n) is 9.52. The molecule has 0 aliphatic carbocycles. The maximum absolute atomic E-state index is 12.3. The Morgan fingerprint density at radius 2 is 1.75 bits per heavy atom. The van der Waals surface area contributed by atoms with Gasteiger partial charge in [-0.3, -0.25) is 29.4 Å². The number of imide groups is 2. The van der Waals surface area contributed by atoms with Crippen molar-refractivity contribution in [2.45, 2.75) is 58.0 Å². The molecule has 4 N–H and O–H groups in total. The van der Waals surface area contributed by atoms with E-state index in [1.165, 1.54) is 7.05 Å². The minimum Gasteiger partial charge on any atom is -0.341 e. The molecule has 1 fully saturated rings. The van der Waals surface area contributed by atoms with Crippen molar-refractivity contribution in [2.24, 2.45) is 11.7 Å². The van der Waals surface area contributed by atoms with Crippen molar-refractivity contribution in [3.05, 3.63) is 0 Å². The Morgan fingerprint density at radius 1 is 1.14 bits per heavy atom. The van der Waals surface area contributed by atoms with E-state index in [9.17, 15) is 24.0 Å². The van der Waals surface area contributed by atoms with Crippen LogP contribution in [-0.4, -0.2) is 72.2 Å². The molecule has 10 nitrogen and oxygen atoms in total. The van der Waals surface area contributed by atoms with Gasteiger partial charge in [-0.25, -0.2) is 4.79 Å². The summed E-state index contributed by atoms with van der Waals surface area (Å²) in [6.45, 7) is 4.96. The number of nitrogens with one attached hydrogen (secondary N) is 2. The van der Waals surface area contributed by atoms with Crippen molar-refractivity contribution >= 4 is 30.2 Å². The van der Waals surface area contributed by atoms with Crippen molar-refractivity contribution in [3.63, 3.8) is 0 Å². The van der Waals surface area contributed by atoms with E-state index < -0.39 is 29.9 Å². The number of rotatable bonds is 8. The second-order valence-electron chi connectivity index (χ2n) is 7.41. The van der Waals surface area contributed by atoms with Crippen molar-refractivity contribution < 1.29 is 24.0 Å². The minimum atomic E-state index is -1.02. The van der Waals surface area contributed by atoms with Gasteiger partial charge in [0.15, 0.2) is 0 Å². The molecule has 0 aromatic heterocycles. The number of likely N-dealkylation sites (tertiary alicyclic amines) is 1. The van der Waals surface area contributed by atoms with Crippen molar-refractivity contribution in [1.82, 2.24) is 20.4 Å². The molecular formula is C18H31N5O5. The number of piperidine rings is 1. The van der Waals surface area contributed by atoms with E-state index in [2.05, 4.69) is 5.32 Å². The summed E-state index contributed by atoms with van der Waals surface area (Å²) >= 11 is 0. The van der Waals surface area contributed by atoms with Crippen LogP contribution in [0.5, 0.6) is 0 Å². The van der Waals surface area contributed by atoms with Crippen LogP contribution in [0.25, 0.3) is 0 Å². The number of nitrogens with two attached hydrogens (primary N) is 1. The normalized spacial score (nSPS) is 16.1. The van der Waals surface area contributed by atoms with Gasteiger partial charge in [0.1, 0.15) is 6.04 Å². The Bertz CT molecular complexity index is 589. The summed E-state index contributed by atoms with van der Waals surface area (Å²) in [5.74, 6) is -1.52. The number of hydrogen-bond acceptors (Lipinski definition) is 6. The monoisotopic (exact) mass is 397 g/mol. The molecule has 0 aromatic carbocycles. The summed E-state index contributed by atoms with van der Waals surface area (Å²) in [6, 6.07) is -2.78. The van der Waals surface area contributed by atoms with E-state index >= 15 is 0 Å². The quantitative estimate of drug-likeness (QED) is 0.475. The van der Waals surface area contributed by atoms with Crippen LogP contribution in [0.2, 0.25) is 0 Å². The molecule has 2 atom stereocenters. The van der Waals surface area contributed by atoms with E-state index in [1.54, 1.807) is 4.90 Å². The van der Waals surface area contributed by atoms with Crippen LogP contribution < -0.4 is 16.4 Å². The summed E-state index contributed by atoms with van der Waals surface area (Å²) in [4.78, 5) is 61.8. The van der Waals surface area contributed by atoms with Crippen LogP contribution in [0.1, 0.15) is 46.0 Å². The maximum Gasteiger partial charge on any atom is 0.324 e. The third-order valence-corrected chi connectivity index (χ3v) is 4.58. The van der Waals surface area contributed by atoms with Gasteiger partial charge < -0.3 is 16.0 Å². The summed E-state index contributed by atoms with van der Waals surface area (Å²) < 4.78 is 0. The molecule has 0 radical (unpaired) electrons. The van der Waals surface area contributed by atoms with Crippen LogP contribution in [0.4, 0.5) is 4.79 Å². The SMILES string of the molecule is CC(C)C[C@H](NC(=O)N(C)C(=O)C[C@H](N)C(=O)N1CCCCC1)C(=O)NC=O. The predicted octanol–water partition coefficient (Wildman–Crippen LogP) is -0.428. The van der Waals surface area contributed by atoms with Crippen LogP contribution in [-0.2, 0) is 19.2 Å². The fourth-order valence-corrected chi connectivity index (χ4v) is 2.98. The molecule has 0 spiro atoms. The average Bonchev–Trinajstić information content (AvgIpc) is 2.66. The highest BCUT2D eigenvalue weighted by Crippen LogP contribution is 2.11. The van der Waals surface area contributed by atoms with Crippen LogP contribution in [0, 0.1) is 5.92 Å². The molecule has 1 rings (SSSR count). The van der Waals surface area contributed by atoms with E-state index in [1.807, 2.05) is 19.2 Å². The highest BCUT2D eigenvalue weighted by atomic mass is 16.2. The molecule has 0 bridgehead atoms. The third-order valence-electron chi connectivity index (χ3n) is 4.58. The first-order valence-corrected chi connectivity index (χ1v) is 9.52. The lowest BCUT2D eigenvalue weighted by atomic mass is 10.0. The van der Waals surface area contributed by atoms with E-state index in [-0.39, 0.29) is 24.7 Å². The van der Waals surface area contributed by atoms with Crippen molar-refractivity contribution in [1.29, 1.82) is 0 Å². The highest BCUT2D eigenvalue weighted by molar-refractivity contribution is 5.99. The Balaban J connectivity index is 2.63. The lowest BCUT2D eigenvalue weighted by molar-refractivity contribution is -0.137. The number of carbonyl (C=O) groups excluding carboxylic acids is 5. The van der Waals surface area contributed by atoms with Crippen molar-refractivity contribution in [2.75, 3.05) is 20.1 Å². The lowest BCUT2D eigenvalue weighted by Crippen LogP contribution is -2.53. The maximum atomic E-state index is 12.3. The smallest absolute Gasteiger partial charge is 0.324 e. The van der Waals surface area contributed by atoms with Crippen LogP contribution in [0.3, 0.4) is 0 Å². The van der Waals surface area contributed by atoms with Gasteiger partial charge in [0.05, 0.1) is 12.5 Å². The zero-order valence-electron chi connectivity index (χ0n) is 16.8. The summed E-state index contributed by atoms with van der Waals surface area (Å²) in [6.07, 6.45) is 3.11. The van der Waals surface area contributed by atoms with Gasteiger partial charge in [-0.2, -0.15) is 0 Å². The van der Waals surface area contributed by atoms with Crippen molar-refractivity contribution in [3.8, 4) is 0 Å². The Labute approximate surface area is 165 Å². The average molecular weight is 397 g/mol. The number of urea groups is 1. The first-order chi connectivity index (χ1) is 13.2. The van der Waals surface area contributed by atoms with Crippen LogP contribution >= 0.6 is 0 Å². The Morgan fingerprint density at radius 3 is 2.29 bits per heavy atom. The minimum absolute atomic E-state index is 0.0688. The second kappa shape index (κ2) is 11.4. The fraction of sp³-hybridized carbons (Fsp3) is 0.722. The van der Waals surface area contributed by atoms with E-state index in [0.29, 0.717) is 19.5 Å². The van der Waals surface area contributed by atoms with Gasteiger partial charge in [-0.15, -0.1) is 0 Å². The second-order valence-corrected chi connectivity index (χ2v) is 7.41. The predicted molar refractivity (Wildman–Crippen MR) is 102 cm³/mol. The van der Waals surface area contributed by atoms with Gasteiger partial charge in [-0.1, -0.05) is 13.8 Å². The fourth-order valence-electron chi connectivity index (χ4n) is 2.98. The van der Waals surface area contributed by atoms with Gasteiger partial charge in [0.2, 0.25) is 24.1 Å². The first kappa shape index (κ1) is 23.5. The molecule has 158 valence electrons. The number of nitrogens with zero attached hydrogens (tertiary/aromatic N) is 2. The molecule has 1 aliphatic rings. The van der Waals surface area contributed by atoms with Gasteiger partial charge in [0.25, 0.3) is 0 Å². The molecule has 0 aromatic rings. The molecular weight excluding hydrogens is 366 g/mol. The summed E-state index contributed by atoms with van der Waals surface area (Å²) in [5.41, 5.74) is 5.87. The van der Waals surface area contributed by atoms with Crippen LogP contribution in [0.15, 0.2) is 0 Å². The zero-order valence-corrected chi connectivity index (χ0v) is 16.8. The van der Waals surface area contributed by atoms with Gasteiger partial charge in [-0.05, 0) is 31.6 Å². The molecule has 0 saturated carbocycles. The summed E-state index contributed by atoms with van der Waals surface area (Å²) in [5, 5.41) is 4.44. The molecule has 1 aliphatic heterocycles. The van der Waals surface area contributed by atoms with E-state index in [4.69, 9.17) is 5.73 Å². The zero-order chi connectivity index (χ0) is 21.3. The molecule has 10 heteroatoms. The summed E-state index contributed by atoms with van der Waals surface area (Å²) in [7, 11) is 1.25. The molecule has 1 saturated heterocycles. The molecule has 1 heterocycles. The lowest BCUT2D eigenvalue weighted by Gasteiger charge is -2.29. The standard InChI is InChI=1S/C18H31N5O5/c1-12(2)9-14(16(26)20-11-24)21-18(28)22(3)15(25)10-13(19)17(27)23-7-5-4-6-8-23/h11-14H,4-10,19H2,1-3H3,(H,21,28)(H,20,24,26)/t13-,14-/m0/s1. The highest BCUT2D eigenvalue weighted by Gasteiger charge is 2.29. The van der Waals surface area contributed by atoms with Gasteiger partial charge in [0, 0.05) is 20.1 Å². The van der Waals surface area contributed by atoms with Gasteiger partial charge >= 0.3 is 6.03 Å². The molecule has 0 unspecified atom stereocenters. The third kappa shape index (κ3) is 7.26. The number of amides is 6. The topological polar surface area (TPSA) is 142 Å². The molecule has 28 heavy (non-hydrogen) atoms. The number of carbonyl (C=O) groups is 5.